The molecule has 0 atom stereocenters. The fourth-order valence-electron chi connectivity index (χ4n) is 3.07. The maximum absolute atomic E-state index is 13.0. The van der Waals surface area contributed by atoms with Gasteiger partial charge in [-0.25, -0.2) is 4.39 Å². The van der Waals surface area contributed by atoms with E-state index in [0.29, 0.717) is 18.3 Å². The van der Waals surface area contributed by atoms with E-state index in [0.717, 1.165) is 18.8 Å². The van der Waals surface area contributed by atoms with Gasteiger partial charge in [0.25, 0.3) is 0 Å². The van der Waals surface area contributed by atoms with E-state index in [9.17, 15) is 9.18 Å². The third kappa shape index (κ3) is 5.46. The first kappa shape index (κ1) is 16.0. The Kier molecular flexibility index (Phi) is 6.18. The second-order valence-corrected chi connectivity index (χ2v) is 5.95. The lowest BCUT2D eigenvalue weighted by Crippen LogP contribution is -2.38. The van der Waals surface area contributed by atoms with Gasteiger partial charge < -0.3 is 10.6 Å². The molecule has 1 aromatic rings. The topological polar surface area (TPSA) is 41.1 Å². The van der Waals surface area contributed by atoms with Gasteiger partial charge in [0.15, 0.2) is 0 Å². The summed E-state index contributed by atoms with van der Waals surface area (Å²) in [6.07, 6.45) is 7.41. The number of benzene rings is 1. The first-order chi connectivity index (χ1) is 10.2. The van der Waals surface area contributed by atoms with Crippen LogP contribution in [-0.2, 0) is 4.79 Å². The number of carbonyl (C=O) groups is 1. The van der Waals surface area contributed by atoms with Gasteiger partial charge in [0.2, 0.25) is 5.91 Å². The molecule has 3 nitrogen and oxygen atoms in total. The molecule has 1 fully saturated rings. The lowest BCUT2D eigenvalue weighted by molar-refractivity contribution is -0.115. The van der Waals surface area contributed by atoms with Crippen molar-refractivity contribution in [2.24, 2.45) is 5.92 Å². The summed E-state index contributed by atoms with van der Waals surface area (Å²) in [5.41, 5.74) is 0.508. The van der Waals surface area contributed by atoms with Gasteiger partial charge in [0, 0.05) is 11.7 Å². The SMILES string of the molecule is CCCC1CCC(NCC(=O)Nc2cccc(F)c2)CC1. The molecule has 4 heteroatoms. The zero-order chi connectivity index (χ0) is 15.1. The third-order valence-corrected chi connectivity index (χ3v) is 4.20. The van der Waals surface area contributed by atoms with Crippen molar-refractivity contribution >= 4 is 11.6 Å². The maximum Gasteiger partial charge on any atom is 0.238 e. The normalized spacial score (nSPS) is 22.0. The van der Waals surface area contributed by atoms with Crippen molar-refractivity contribution in [3.63, 3.8) is 0 Å². The van der Waals surface area contributed by atoms with E-state index in [4.69, 9.17) is 0 Å². The van der Waals surface area contributed by atoms with E-state index in [1.54, 1.807) is 12.1 Å². The summed E-state index contributed by atoms with van der Waals surface area (Å²) in [4.78, 5) is 11.8. The molecule has 0 radical (unpaired) electrons. The Labute approximate surface area is 126 Å². The average Bonchev–Trinajstić information content (AvgIpc) is 2.47. The summed E-state index contributed by atoms with van der Waals surface area (Å²) in [6.45, 7) is 2.53. The second-order valence-electron chi connectivity index (χ2n) is 5.95. The molecule has 1 aliphatic rings. The molecule has 0 aliphatic heterocycles. The van der Waals surface area contributed by atoms with Crippen LogP contribution in [0.4, 0.5) is 10.1 Å². The number of hydrogen-bond acceptors (Lipinski definition) is 2. The summed E-state index contributed by atoms with van der Waals surface area (Å²) in [5, 5.41) is 6.02. The average molecular weight is 292 g/mol. The first-order valence-corrected chi connectivity index (χ1v) is 7.96. The molecule has 2 N–H and O–H groups in total. The van der Waals surface area contributed by atoms with Gasteiger partial charge in [0.05, 0.1) is 6.54 Å². The van der Waals surface area contributed by atoms with Crippen LogP contribution in [-0.4, -0.2) is 18.5 Å². The van der Waals surface area contributed by atoms with Crippen LogP contribution in [0.1, 0.15) is 45.4 Å². The maximum atomic E-state index is 13.0. The number of hydrogen-bond donors (Lipinski definition) is 2. The molecule has 0 heterocycles. The first-order valence-electron chi connectivity index (χ1n) is 7.96. The highest BCUT2D eigenvalue weighted by molar-refractivity contribution is 5.92. The highest BCUT2D eigenvalue weighted by atomic mass is 19.1. The molecule has 0 spiro atoms. The summed E-state index contributed by atoms with van der Waals surface area (Å²) in [6, 6.07) is 6.41. The fourth-order valence-corrected chi connectivity index (χ4v) is 3.07. The van der Waals surface area contributed by atoms with E-state index in [1.807, 2.05) is 0 Å². The molecular weight excluding hydrogens is 267 g/mol. The van der Waals surface area contributed by atoms with Crippen LogP contribution >= 0.6 is 0 Å². The van der Waals surface area contributed by atoms with Gasteiger partial charge in [-0.1, -0.05) is 25.8 Å². The molecule has 0 bridgehead atoms. The van der Waals surface area contributed by atoms with Gasteiger partial charge >= 0.3 is 0 Å². The van der Waals surface area contributed by atoms with Crippen molar-refractivity contribution in [3.8, 4) is 0 Å². The Morgan fingerprint density at radius 1 is 1.29 bits per heavy atom. The number of halogens is 1. The zero-order valence-corrected chi connectivity index (χ0v) is 12.7. The lowest BCUT2D eigenvalue weighted by Gasteiger charge is -2.28. The molecule has 1 amide bonds. The highest BCUT2D eigenvalue weighted by Gasteiger charge is 2.20. The van der Waals surface area contributed by atoms with Crippen molar-refractivity contribution in [1.29, 1.82) is 0 Å². The summed E-state index contributed by atoms with van der Waals surface area (Å²) in [5.74, 6) is 0.417. The van der Waals surface area contributed by atoms with Crippen molar-refractivity contribution < 1.29 is 9.18 Å². The van der Waals surface area contributed by atoms with Crippen molar-refractivity contribution in [2.75, 3.05) is 11.9 Å². The summed E-state index contributed by atoms with van der Waals surface area (Å²) < 4.78 is 13.0. The lowest BCUT2D eigenvalue weighted by atomic mass is 9.83. The standard InChI is InChI=1S/C17H25FN2O/c1-2-4-13-7-9-15(10-8-13)19-12-17(21)20-16-6-3-5-14(18)11-16/h3,5-6,11,13,15,19H,2,4,7-10,12H2,1H3,(H,20,21). The molecule has 116 valence electrons. The summed E-state index contributed by atoms with van der Waals surface area (Å²) in [7, 11) is 0. The molecule has 1 aliphatic carbocycles. The minimum Gasteiger partial charge on any atom is -0.325 e. The minimum atomic E-state index is -0.338. The zero-order valence-electron chi connectivity index (χ0n) is 12.7. The smallest absolute Gasteiger partial charge is 0.238 e. The highest BCUT2D eigenvalue weighted by Crippen LogP contribution is 2.27. The molecular formula is C17H25FN2O. The van der Waals surface area contributed by atoms with E-state index in [2.05, 4.69) is 17.6 Å². The van der Waals surface area contributed by atoms with Crippen LogP contribution in [0, 0.1) is 11.7 Å². The largest absolute Gasteiger partial charge is 0.325 e. The monoisotopic (exact) mass is 292 g/mol. The molecule has 2 rings (SSSR count). The second kappa shape index (κ2) is 8.13. The quantitative estimate of drug-likeness (QED) is 0.839. The van der Waals surface area contributed by atoms with E-state index < -0.39 is 0 Å². The predicted octanol–water partition coefficient (Wildman–Crippen LogP) is 3.71. The van der Waals surface area contributed by atoms with Gasteiger partial charge in [-0.05, 0) is 49.8 Å². The van der Waals surface area contributed by atoms with Gasteiger partial charge in [-0.2, -0.15) is 0 Å². The van der Waals surface area contributed by atoms with Crippen molar-refractivity contribution in [3.05, 3.63) is 30.1 Å². The van der Waals surface area contributed by atoms with Crippen molar-refractivity contribution in [2.45, 2.75) is 51.5 Å². The van der Waals surface area contributed by atoms with E-state index >= 15 is 0 Å². The Hall–Kier alpha value is -1.42. The van der Waals surface area contributed by atoms with Crippen molar-refractivity contribution in [1.82, 2.24) is 5.32 Å². The molecule has 1 saturated carbocycles. The Balaban J connectivity index is 1.68. The van der Waals surface area contributed by atoms with Gasteiger partial charge in [-0.15, -0.1) is 0 Å². The van der Waals surface area contributed by atoms with Crippen LogP contribution < -0.4 is 10.6 Å². The fraction of sp³-hybridized carbons (Fsp3) is 0.588. The molecule has 0 saturated heterocycles. The predicted molar refractivity (Wildman–Crippen MR) is 83.7 cm³/mol. The minimum absolute atomic E-state index is 0.115. The van der Waals surface area contributed by atoms with Crippen LogP contribution in [0.25, 0.3) is 0 Å². The van der Waals surface area contributed by atoms with Gasteiger partial charge in [0.1, 0.15) is 5.82 Å². The number of anilines is 1. The molecule has 1 aromatic carbocycles. The van der Waals surface area contributed by atoms with Gasteiger partial charge in [-0.3, -0.25) is 4.79 Å². The van der Waals surface area contributed by atoms with Crippen LogP contribution in [0.2, 0.25) is 0 Å². The molecule has 21 heavy (non-hydrogen) atoms. The van der Waals surface area contributed by atoms with Crippen LogP contribution in [0.3, 0.4) is 0 Å². The molecule has 0 unspecified atom stereocenters. The molecule has 0 aromatic heterocycles. The summed E-state index contributed by atoms with van der Waals surface area (Å²) >= 11 is 0. The Bertz CT molecular complexity index is 456. The number of nitrogens with one attached hydrogen (secondary N) is 2. The third-order valence-electron chi connectivity index (χ3n) is 4.20. The number of rotatable bonds is 6. The van der Waals surface area contributed by atoms with Crippen LogP contribution in [0.15, 0.2) is 24.3 Å². The van der Waals surface area contributed by atoms with Crippen LogP contribution in [0.5, 0.6) is 0 Å². The van der Waals surface area contributed by atoms with E-state index in [1.165, 1.54) is 37.8 Å². The Morgan fingerprint density at radius 3 is 2.71 bits per heavy atom. The number of amides is 1. The number of carbonyl (C=O) groups excluding carboxylic acids is 1. The van der Waals surface area contributed by atoms with E-state index in [-0.39, 0.29) is 11.7 Å². The Morgan fingerprint density at radius 2 is 2.05 bits per heavy atom.